The molecule has 0 radical (unpaired) electrons. The summed E-state index contributed by atoms with van der Waals surface area (Å²) in [4.78, 5) is 0. The topological polar surface area (TPSA) is 9.23 Å². The zero-order valence-electron chi connectivity index (χ0n) is 9.00. The first kappa shape index (κ1) is 9.32. The lowest BCUT2D eigenvalue weighted by Crippen LogP contribution is -1.94. The first-order valence-corrected chi connectivity index (χ1v) is 5.12. The Kier molecular flexibility index (Phi) is 2.32. The van der Waals surface area contributed by atoms with Crippen molar-refractivity contribution in [3.63, 3.8) is 0 Å². The molecule has 2 rings (SSSR count). The highest BCUT2D eigenvalue weighted by Crippen LogP contribution is 2.39. The van der Waals surface area contributed by atoms with Crippen LogP contribution in [0.15, 0.2) is 23.8 Å². The molecule has 0 bridgehead atoms. The fourth-order valence-corrected chi connectivity index (χ4v) is 2.26. The molecule has 0 aromatic heterocycles. The molecule has 14 heavy (non-hydrogen) atoms. The first-order chi connectivity index (χ1) is 6.76. The highest BCUT2D eigenvalue weighted by Gasteiger charge is 2.20. The fourth-order valence-electron chi connectivity index (χ4n) is 2.26. The van der Waals surface area contributed by atoms with Crippen molar-refractivity contribution in [1.29, 1.82) is 0 Å². The lowest BCUT2D eigenvalue weighted by Gasteiger charge is -2.11. The van der Waals surface area contributed by atoms with Gasteiger partial charge >= 0.3 is 0 Å². The third kappa shape index (κ3) is 1.33. The zero-order chi connectivity index (χ0) is 10.1. The van der Waals surface area contributed by atoms with E-state index in [0.29, 0.717) is 5.92 Å². The van der Waals surface area contributed by atoms with Gasteiger partial charge in [-0.3, -0.25) is 0 Å². The molecule has 1 aromatic rings. The van der Waals surface area contributed by atoms with Crippen LogP contribution in [-0.4, -0.2) is 7.11 Å². The van der Waals surface area contributed by atoms with Crippen molar-refractivity contribution in [3.8, 4) is 5.75 Å². The van der Waals surface area contributed by atoms with E-state index in [9.17, 15) is 0 Å². The Morgan fingerprint density at radius 2 is 2.14 bits per heavy atom. The Hall–Kier alpha value is -1.24. The van der Waals surface area contributed by atoms with E-state index >= 15 is 0 Å². The quantitative estimate of drug-likeness (QED) is 0.689. The molecular weight excluding hydrogens is 172 g/mol. The average molecular weight is 188 g/mol. The Morgan fingerprint density at radius 1 is 1.36 bits per heavy atom. The number of ether oxygens (including phenoxy) is 1. The van der Waals surface area contributed by atoms with Gasteiger partial charge < -0.3 is 4.74 Å². The van der Waals surface area contributed by atoms with Crippen LogP contribution in [0.25, 0.3) is 6.08 Å². The highest BCUT2D eigenvalue weighted by atomic mass is 16.5. The van der Waals surface area contributed by atoms with Gasteiger partial charge in [-0.25, -0.2) is 0 Å². The van der Waals surface area contributed by atoms with Crippen LogP contribution in [-0.2, 0) is 0 Å². The second kappa shape index (κ2) is 3.49. The molecule has 1 heteroatoms. The van der Waals surface area contributed by atoms with E-state index in [4.69, 9.17) is 4.74 Å². The summed E-state index contributed by atoms with van der Waals surface area (Å²) in [6.07, 6.45) is 3.45. The maximum atomic E-state index is 5.21. The van der Waals surface area contributed by atoms with Crippen LogP contribution < -0.4 is 4.74 Å². The molecule has 0 aliphatic heterocycles. The number of allylic oxidation sites excluding steroid dienone is 1. The number of rotatable bonds is 2. The second-order valence-electron chi connectivity index (χ2n) is 3.84. The number of benzene rings is 1. The van der Waals surface area contributed by atoms with Crippen molar-refractivity contribution >= 4 is 6.08 Å². The Bertz CT molecular complexity index is 377. The molecule has 0 N–H and O–H groups in total. The summed E-state index contributed by atoms with van der Waals surface area (Å²) in [7, 11) is 1.71. The predicted octanol–water partition coefficient (Wildman–Crippen LogP) is 3.61. The van der Waals surface area contributed by atoms with Gasteiger partial charge in [0.15, 0.2) is 0 Å². The molecule has 0 heterocycles. The van der Waals surface area contributed by atoms with Crippen molar-refractivity contribution in [1.82, 2.24) is 0 Å². The van der Waals surface area contributed by atoms with Crippen LogP contribution in [0.2, 0.25) is 0 Å². The van der Waals surface area contributed by atoms with Gasteiger partial charge in [-0.15, -0.1) is 0 Å². The van der Waals surface area contributed by atoms with Crippen molar-refractivity contribution in [3.05, 3.63) is 34.9 Å². The summed E-state index contributed by atoms with van der Waals surface area (Å²) >= 11 is 0. The minimum atomic E-state index is 0.621. The van der Waals surface area contributed by atoms with E-state index in [1.54, 1.807) is 7.11 Å². The largest absolute Gasteiger partial charge is 0.497 e. The minimum absolute atomic E-state index is 0.621. The number of fused-ring (bicyclic) bond motifs is 1. The van der Waals surface area contributed by atoms with Crippen LogP contribution in [0.5, 0.6) is 5.75 Å². The lowest BCUT2D eigenvalue weighted by molar-refractivity contribution is 0.414. The van der Waals surface area contributed by atoms with Crippen molar-refractivity contribution < 1.29 is 4.74 Å². The average Bonchev–Trinajstić information content (AvgIpc) is 2.51. The molecule has 1 nitrogen and oxygen atoms in total. The van der Waals surface area contributed by atoms with Gasteiger partial charge in [-0.1, -0.05) is 24.6 Å². The van der Waals surface area contributed by atoms with Gasteiger partial charge in [0, 0.05) is 5.92 Å². The van der Waals surface area contributed by atoms with Crippen molar-refractivity contribution in [2.24, 2.45) is 0 Å². The number of hydrogen-bond donors (Lipinski definition) is 0. The summed E-state index contributed by atoms with van der Waals surface area (Å²) in [6, 6.07) is 6.36. The number of methoxy groups -OCH3 is 1. The van der Waals surface area contributed by atoms with Gasteiger partial charge in [-0.05, 0) is 36.6 Å². The number of hydrogen-bond acceptors (Lipinski definition) is 1. The first-order valence-electron chi connectivity index (χ1n) is 5.12. The van der Waals surface area contributed by atoms with E-state index in [-0.39, 0.29) is 0 Å². The Labute approximate surface area is 85.4 Å². The molecule has 0 spiro atoms. The van der Waals surface area contributed by atoms with Crippen LogP contribution in [0.3, 0.4) is 0 Å². The van der Waals surface area contributed by atoms with Crippen molar-refractivity contribution in [2.75, 3.05) is 7.11 Å². The standard InChI is InChI=1S/C13H16O/c1-4-12-9(2)7-10-8-11(14-3)5-6-13(10)12/h5-8,12H,4H2,1-3H3. The summed E-state index contributed by atoms with van der Waals surface area (Å²) in [6.45, 7) is 4.45. The minimum Gasteiger partial charge on any atom is -0.497 e. The van der Waals surface area contributed by atoms with Gasteiger partial charge in [0.2, 0.25) is 0 Å². The van der Waals surface area contributed by atoms with E-state index < -0.39 is 0 Å². The highest BCUT2D eigenvalue weighted by molar-refractivity contribution is 5.67. The zero-order valence-corrected chi connectivity index (χ0v) is 9.00. The molecule has 0 saturated heterocycles. The summed E-state index contributed by atoms with van der Waals surface area (Å²) in [5, 5.41) is 0. The van der Waals surface area contributed by atoms with Crippen molar-refractivity contribution in [2.45, 2.75) is 26.2 Å². The second-order valence-corrected chi connectivity index (χ2v) is 3.84. The SMILES string of the molecule is CCC1C(C)=Cc2cc(OC)ccc21. The molecule has 74 valence electrons. The maximum absolute atomic E-state index is 5.21. The predicted molar refractivity (Wildman–Crippen MR) is 59.7 cm³/mol. The Balaban J connectivity index is 2.45. The molecule has 1 unspecified atom stereocenters. The molecule has 1 aliphatic rings. The van der Waals surface area contributed by atoms with E-state index in [1.807, 2.05) is 6.07 Å². The monoisotopic (exact) mass is 188 g/mol. The fraction of sp³-hybridized carbons (Fsp3) is 0.385. The van der Waals surface area contributed by atoms with Crippen LogP contribution in [0, 0.1) is 0 Å². The van der Waals surface area contributed by atoms with Gasteiger partial charge in [0.05, 0.1) is 7.11 Å². The van der Waals surface area contributed by atoms with Gasteiger partial charge in [0.1, 0.15) is 5.75 Å². The van der Waals surface area contributed by atoms with Gasteiger partial charge in [-0.2, -0.15) is 0 Å². The van der Waals surface area contributed by atoms with Gasteiger partial charge in [0.25, 0.3) is 0 Å². The third-order valence-corrected chi connectivity index (χ3v) is 3.01. The van der Waals surface area contributed by atoms with Crippen LogP contribution in [0.4, 0.5) is 0 Å². The molecule has 1 atom stereocenters. The molecular formula is C13H16O. The smallest absolute Gasteiger partial charge is 0.119 e. The van der Waals surface area contributed by atoms with E-state index in [2.05, 4.69) is 32.1 Å². The van der Waals surface area contributed by atoms with E-state index in [1.165, 1.54) is 23.1 Å². The van der Waals surface area contributed by atoms with Crippen LogP contribution in [0.1, 0.15) is 37.3 Å². The van der Waals surface area contributed by atoms with Crippen LogP contribution >= 0.6 is 0 Å². The summed E-state index contributed by atoms with van der Waals surface area (Å²) in [5.74, 6) is 1.57. The molecule has 1 aromatic carbocycles. The molecule has 0 amide bonds. The maximum Gasteiger partial charge on any atom is 0.119 e. The molecule has 0 fully saturated rings. The normalized spacial score (nSPS) is 19.1. The lowest BCUT2D eigenvalue weighted by atomic mass is 9.94. The third-order valence-electron chi connectivity index (χ3n) is 3.01. The summed E-state index contributed by atoms with van der Waals surface area (Å²) in [5.41, 5.74) is 4.25. The Morgan fingerprint density at radius 3 is 2.79 bits per heavy atom. The molecule has 1 aliphatic carbocycles. The summed E-state index contributed by atoms with van der Waals surface area (Å²) < 4.78 is 5.21. The van der Waals surface area contributed by atoms with E-state index in [0.717, 1.165) is 5.75 Å². The molecule has 0 saturated carbocycles.